The highest BCUT2D eigenvalue weighted by atomic mass is 19.3. The minimum atomic E-state index is -2.85. The van der Waals surface area contributed by atoms with E-state index in [0.717, 1.165) is 16.9 Å². The number of carbonyl (C=O) groups excluding carboxylic acids is 1. The molecule has 0 heterocycles. The Kier molecular flexibility index (Phi) is 8.00. The van der Waals surface area contributed by atoms with Gasteiger partial charge in [0, 0.05) is 13.1 Å². The van der Waals surface area contributed by atoms with Crippen LogP contribution >= 0.6 is 0 Å². The summed E-state index contributed by atoms with van der Waals surface area (Å²) in [6.45, 7) is 0.814. The van der Waals surface area contributed by atoms with Crippen LogP contribution < -0.4 is 14.8 Å². The maximum absolute atomic E-state index is 12.1. The fraction of sp³-hybridized carbons (Fsp3) is 0.350. The number of carbonyl (C=O) groups is 1. The lowest BCUT2D eigenvalue weighted by Gasteiger charge is -2.17. The summed E-state index contributed by atoms with van der Waals surface area (Å²) in [4.78, 5) is 13.9. The van der Waals surface area contributed by atoms with Gasteiger partial charge in [-0.25, -0.2) is 0 Å². The number of rotatable bonds is 10. The van der Waals surface area contributed by atoms with Crippen molar-refractivity contribution in [2.45, 2.75) is 20.1 Å². The molecular formula is C20H24F2N2O3. The Morgan fingerprint density at radius 2 is 1.89 bits per heavy atom. The summed E-state index contributed by atoms with van der Waals surface area (Å²) in [7, 11) is 1.84. The first kappa shape index (κ1) is 20.6. The van der Waals surface area contributed by atoms with Crippen molar-refractivity contribution >= 4 is 5.91 Å². The molecule has 0 aromatic heterocycles. The van der Waals surface area contributed by atoms with Crippen LogP contribution in [0.15, 0.2) is 48.5 Å². The standard InChI is InChI=1S/C20H24F2N2O3/c1-15-4-3-5-18(12-15)26-11-10-24(2)14-19(25)23-13-16-6-8-17(9-7-16)27-20(21)22/h3-9,12,20H,10-11,13-14H2,1-2H3,(H,23,25). The normalized spacial score (nSPS) is 10.9. The zero-order valence-electron chi connectivity index (χ0n) is 15.5. The van der Waals surface area contributed by atoms with E-state index in [4.69, 9.17) is 4.74 Å². The molecule has 2 aromatic carbocycles. The molecule has 0 bridgehead atoms. The molecule has 1 N–H and O–H groups in total. The summed E-state index contributed by atoms with van der Waals surface area (Å²) in [5.74, 6) is 0.779. The zero-order chi connectivity index (χ0) is 19.6. The number of aryl methyl sites for hydroxylation is 1. The molecule has 0 saturated carbocycles. The van der Waals surface area contributed by atoms with Crippen LogP contribution in [0.5, 0.6) is 11.5 Å². The average molecular weight is 378 g/mol. The molecule has 0 atom stereocenters. The second-order valence-electron chi connectivity index (χ2n) is 6.20. The van der Waals surface area contributed by atoms with Crippen molar-refractivity contribution in [3.8, 4) is 11.5 Å². The Balaban J connectivity index is 1.65. The molecule has 0 aliphatic rings. The van der Waals surface area contributed by atoms with Crippen molar-refractivity contribution in [2.75, 3.05) is 26.7 Å². The monoisotopic (exact) mass is 378 g/mol. The van der Waals surface area contributed by atoms with E-state index in [1.54, 1.807) is 12.1 Å². The van der Waals surface area contributed by atoms with Crippen LogP contribution in [0.2, 0.25) is 0 Å². The van der Waals surface area contributed by atoms with E-state index in [2.05, 4.69) is 10.1 Å². The van der Waals surface area contributed by atoms with E-state index in [0.29, 0.717) is 19.7 Å². The number of halogens is 2. The maximum atomic E-state index is 12.1. The van der Waals surface area contributed by atoms with Gasteiger partial charge >= 0.3 is 6.61 Å². The summed E-state index contributed by atoms with van der Waals surface area (Å²) in [5, 5.41) is 2.80. The summed E-state index contributed by atoms with van der Waals surface area (Å²) < 4.78 is 34.2. The molecule has 27 heavy (non-hydrogen) atoms. The van der Waals surface area contributed by atoms with Gasteiger partial charge in [0.2, 0.25) is 5.91 Å². The molecule has 146 valence electrons. The van der Waals surface area contributed by atoms with Crippen molar-refractivity contribution in [2.24, 2.45) is 0 Å². The van der Waals surface area contributed by atoms with Gasteiger partial charge in [0.1, 0.15) is 18.1 Å². The van der Waals surface area contributed by atoms with E-state index in [1.807, 2.05) is 43.1 Å². The Morgan fingerprint density at radius 1 is 1.15 bits per heavy atom. The van der Waals surface area contributed by atoms with E-state index in [-0.39, 0.29) is 18.2 Å². The van der Waals surface area contributed by atoms with Gasteiger partial charge < -0.3 is 14.8 Å². The molecule has 0 aliphatic carbocycles. The van der Waals surface area contributed by atoms with Gasteiger partial charge in [0.15, 0.2) is 0 Å². The van der Waals surface area contributed by atoms with E-state index < -0.39 is 6.61 Å². The number of benzene rings is 2. The number of nitrogens with one attached hydrogen (secondary N) is 1. The summed E-state index contributed by atoms with van der Waals surface area (Å²) in [6.07, 6.45) is 0. The molecule has 0 aliphatic heterocycles. The molecule has 2 rings (SSSR count). The van der Waals surface area contributed by atoms with Crippen LogP contribution in [-0.2, 0) is 11.3 Å². The highest BCUT2D eigenvalue weighted by Gasteiger charge is 2.08. The van der Waals surface area contributed by atoms with Gasteiger partial charge in [-0.3, -0.25) is 9.69 Å². The lowest BCUT2D eigenvalue weighted by molar-refractivity contribution is -0.122. The van der Waals surface area contributed by atoms with Crippen molar-refractivity contribution in [3.63, 3.8) is 0 Å². The third kappa shape index (κ3) is 8.04. The van der Waals surface area contributed by atoms with Gasteiger partial charge in [0.05, 0.1) is 6.54 Å². The summed E-state index contributed by atoms with van der Waals surface area (Å²) in [5.41, 5.74) is 1.93. The van der Waals surface area contributed by atoms with E-state index in [9.17, 15) is 13.6 Å². The first-order chi connectivity index (χ1) is 12.9. The number of alkyl halides is 2. The molecule has 0 unspecified atom stereocenters. The van der Waals surface area contributed by atoms with Crippen LogP contribution in [0.4, 0.5) is 8.78 Å². The van der Waals surface area contributed by atoms with Gasteiger partial charge in [-0.05, 0) is 49.4 Å². The molecule has 0 spiro atoms. The second-order valence-corrected chi connectivity index (χ2v) is 6.20. The van der Waals surface area contributed by atoms with Crippen LogP contribution in [0.3, 0.4) is 0 Å². The number of nitrogens with zero attached hydrogens (tertiary/aromatic N) is 1. The number of ether oxygens (including phenoxy) is 2. The topological polar surface area (TPSA) is 50.8 Å². The number of hydrogen-bond donors (Lipinski definition) is 1. The van der Waals surface area contributed by atoms with Crippen molar-refractivity contribution in [1.82, 2.24) is 10.2 Å². The fourth-order valence-corrected chi connectivity index (χ4v) is 2.39. The smallest absolute Gasteiger partial charge is 0.387 e. The Hall–Kier alpha value is -2.67. The molecule has 1 amide bonds. The van der Waals surface area contributed by atoms with Crippen molar-refractivity contribution in [3.05, 3.63) is 59.7 Å². The zero-order valence-corrected chi connectivity index (χ0v) is 15.5. The number of hydrogen-bond acceptors (Lipinski definition) is 4. The maximum Gasteiger partial charge on any atom is 0.387 e. The predicted octanol–water partition coefficient (Wildman–Crippen LogP) is 3.22. The van der Waals surface area contributed by atoms with Crippen molar-refractivity contribution in [1.29, 1.82) is 0 Å². The van der Waals surface area contributed by atoms with Crippen LogP contribution in [-0.4, -0.2) is 44.2 Å². The summed E-state index contributed by atoms with van der Waals surface area (Å²) >= 11 is 0. The van der Waals surface area contributed by atoms with Gasteiger partial charge in [0.25, 0.3) is 0 Å². The molecule has 0 saturated heterocycles. The van der Waals surface area contributed by atoms with Crippen LogP contribution in [0, 0.1) is 6.92 Å². The SMILES string of the molecule is Cc1cccc(OCCN(C)CC(=O)NCc2ccc(OC(F)F)cc2)c1. The fourth-order valence-electron chi connectivity index (χ4n) is 2.39. The molecule has 0 fully saturated rings. The third-order valence-corrected chi connectivity index (χ3v) is 3.78. The van der Waals surface area contributed by atoms with Gasteiger partial charge in [-0.2, -0.15) is 8.78 Å². The first-order valence-electron chi connectivity index (χ1n) is 8.61. The quantitative estimate of drug-likeness (QED) is 0.690. The Morgan fingerprint density at radius 3 is 2.56 bits per heavy atom. The number of likely N-dealkylation sites (N-methyl/N-ethyl adjacent to an activating group) is 1. The van der Waals surface area contributed by atoms with Gasteiger partial charge in [-0.15, -0.1) is 0 Å². The third-order valence-electron chi connectivity index (χ3n) is 3.78. The minimum absolute atomic E-state index is 0.0911. The Bertz CT molecular complexity index is 723. The van der Waals surface area contributed by atoms with E-state index in [1.165, 1.54) is 12.1 Å². The minimum Gasteiger partial charge on any atom is -0.492 e. The lowest BCUT2D eigenvalue weighted by Crippen LogP contribution is -2.36. The average Bonchev–Trinajstić information content (AvgIpc) is 2.61. The molecule has 2 aromatic rings. The molecule has 7 heteroatoms. The van der Waals surface area contributed by atoms with E-state index >= 15 is 0 Å². The lowest BCUT2D eigenvalue weighted by atomic mass is 10.2. The summed E-state index contributed by atoms with van der Waals surface area (Å²) in [6, 6.07) is 14.0. The highest BCUT2D eigenvalue weighted by Crippen LogP contribution is 2.15. The second kappa shape index (κ2) is 10.5. The molecule has 0 radical (unpaired) electrons. The molecular weight excluding hydrogens is 354 g/mol. The molecule has 5 nitrogen and oxygen atoms in total. The Labute approximate surface area is 157 Å². The predicted molar refractivity (Wildman–Crippen MR) is 99.1 cm³/mol. The first-order valence-corrected chi connectivity index (χ1v) is 8.61. The van der Waals surface area contributed by atoms with Crippen LogP contribution in [0.1, 0.15) is 11.1 Å². The largest absolute Gasteiger partial charge is 0.492 e. The number of amides is 1. The van der Waals surface area contributed by atoms with Crippen molar-refractivity contribution < 1.29 is 23.0 Å². The van der Waals surface area contributed by atoms with Crippen LogP contribution in [0.25, 0.3) is 0 Å². The highest BCUT2D eigenvalue weighted by molar-refractivity contribution is 5.77. The van der Waals surface area contributed by atoms with Gasteiger partial charge in [-0.1, -0.05) is 24.3 Å².